The number of hydrogen-bond donors (Lipinski definition) is 2. The van der Waals surface area contributed by atoms with Crippen LogP contribution in [0.15, 0.2) is 0 Å². The van der Waals surface area contributed by atoms with E-state index in [0.29, 0.717) is 13.0 Å². The van der Waals surface area contributed by atoms with E-state index in [9.17, 15) is 19.2 Å². The minimum Gasteiger partial charge on any atom is -0.370 e. The molecule has 2 aliphatic rings. The van der Waals surface area contributed by atoms with Gasteiger partial charge in [0.2, 0.25) is 17.7 Å². The van der Waals surface area contributed by atoms with Gasteiger partial charge in [-0.15, -0.1) is 0 Å². The summed E-state index contributed by atoms with van der Waals surface area (Å²) in [4.78, 5) is 48.0. The van der Waals surface area contributed by atoms with Gasteiger partial charge in [0.25, 0.3) is 0 Å². The average Bonchev–Trinajstić information content (AvgIpc) is 2.46. The zero-order chi connectivity index (χ0) is 17.2. The quantitative estimate of drug-likeness (QED) is 0.676. The molecule has 128 valence electrons. The number of nitrogens with zero attached hydrogens (tertiary/aromatic N) is 1. The second-order valence-electron chi connectivity index (χ2n) is 6.82. The van der Waals surface area contributed by atoms with Crippen LogP contribution < -0.4 is 11.1 Å². The van der Waals surface area contributed by atoms with Crippen LogP contribution in [0.5, 0.6) is 0 Å². The predicted molar refractivity (Wildman–Crippen MR) is 83.1 cm³/mol. The Morgan fingerprint density at radius 3 is 2.35 bits per heavy atom. The second kappa shape index (κ2) is 6.68. The Hall–Kier alpha value is -1.92. The molecule has 1 spiro atoms. The summed E-state index contributed by atoms with van der Waals surface area (Å²) in [5.41, 5.74) is 4.76. The van der Waals surface area contributed by atoms with Crippen LogP contribution in [0.25, 0.3) is 0 Å². The van der Waals surface area contributed by atoms with E-state index >= 15 is 0 Å². The predicted octanol–water partition coefficient (Wildman–Crippen LogP) is 0.117. The van der Waals surface area contributed by atoms with E-state index in [1.165, 1.54) is 13.8 Å². The molecule has 1 saturated heterocycles. The van der Waals surface area contributed by atoms with E-state index in [4.69, 9.17) is 5.73 Å². The Labute approximate surface area is 135 Å². The first-order valence-corrected chi connectivity index (χ1v) is 8.12. The Morgan fingerprint density at radius 1 is 1.30 bits per heavy atom. The standard InChI is InChI=1S/C16H25N3O4/c1-10(20)13(3-4-14(17)22)19-9-16(15(19)23)7-5-12(6-8-16)18-11(2)21/h12-13H,3-9H2,1-2H3,(H2,17,22)(H,18,21)/t12?,13-,16?/m0/s1. The Kier molecular flexibility index (Phi) is 5.06. The summed E-state index contributed by atoms with van der Waals surface area (Å²) in [5.74, 6) is -0.616. The molecule has 1 saturated carbocycles. The van der Waals surface area contributed by atoms with Crippen LogP contribution in [0.4, 0.5) is 0 Å². The fraction of sp³-hybridized carbons (Fsp3) is 0.750. The molecule has 0 unspecified atom stereocenters. The topological polar surface area (TPSA) is 110 Å². The molecule has 0 aromatic carbocycles. The molecule has 0 bridgehead atoms. The number of β-lactam (4-membered cyclic amide) rings is 1. The lowest BCUT2D eigenvalue weighted by atomic mass is 9.66. The molecule has 7 nitrogen and oxygen atoms in total. The minimum atomic E-state index is -0.548. The number of likely N-dealkylation sites (tertiary alicyclic amines) is 1. The van der Waals surface area contributed by atoms with E-state index in [1.807, 2.05) is 0 Å². The molecule has 0 radical (unpaired) electrons. The van der Waals surface area contributed by atoms with Crippen molar-refractivity contribution in [2.45, 2.75) is 64.5 Å². The maximum Gasteiger partial charge on any atom is 0.231 e. The second-order valence-corrected chi connectivity index (χ2v) is 6.82. The van der Waals surface area contributed by atoms with Crippen LogP contribution in [0.1, 0.15) is 52.4 Å². The minimum absolute atomic E-state index is 0.00319. The van der Waals surface area contributed by atoms with Crippen LogP contribution in [0.2, 0.25) is 0 Å². The van der Waals surface area contributed by atoms with Gasteiger partial charge in [-0.2, -0.15) is 0 Å². The van der Waals surface area contributed by atoms with Crippen molar-refractivity contribution in [1.82, 2.24) is 10.2 Å². The first-order chi connectivity index (χ1) is 10.7. The van der Waals surface area contributed by atoms with Gasteiger partial charge in [-0.05, 0) is 39.0 Å². The van der Waals surface area contributed by atoms with Gasteiger partial charge in [0.15, 0.2) is 5.78 Å². The Morgan fingerprint density at radius 2 is 1.91 bits per heavy atom. The third-order valence-corrected chi connectivity index (χ3v) is 5.05. The van der Waals surface area contributed by atoms with Gasteiger partial charge in [0.1, 0.15) is 0 Å². The van der Waals surface area contributed by atoms with E-state index < -0.39 is 11.9 Å². The van der Waals surface area contributed by atoms with Crippen molar-refractivity contribution in [2.75, 3.05) is 6.54 Å². The van der Waals surface area contributed by atoms with Gasteiger partial charge >= 0.3 is 0 Å². The third-order valence-electron chi connectivity index (χ3n) is 5.05. The molecular weight excluding hydrogens is 298 g/mol. The van der Waals surface area contributed by atoms with Crippen molar-refractivity contribution in [3.63, 3.8) is 0 Å². The smallest absolute Gasteiger partial charge is 0.231 e. The summed E-state index contributed by atoms with van der Waals surface area (Å²) >= 11 is 0. The fourth-order valence-electron chi connectivity index (χ4n) is 3.76. The molecular formula is C16H25N3O4. The number of amides is 3. The molecule has 2 fully saturated rings. The molecule has 2 rings (SSSR count). The molecule has 1 atom stereocenters. The van der Waals surface area contributed by atoms with Crippen LogP contribution in [0, 0.1) is 5.41 Å². The fourth-order valence-corrected chi connectivity index (χ4v) is 3.76. The van der Waals surface area contributed by atoms with Crippen molar-refractivity contribution in [2.24, 2.45) is 11.1 Å². The van der Waals surface area contributed by atoms with Crippen LogP contribution in [-0.2, 0) is 19.2 Å². The van der Waals surface area contributed by atoms with Gasteiger partial charge in [-0.1, -0.05) is 0 Å². The van der Waals surface area contributed by atoms with Gasteiger partial charge in [-0.3, -0.25) is 19.2 Å². The summed E-state index contributed by atoms with van der Waals surface area (Å²) in [5, 5.41) is 2.90. The summed E-state index contributed by atoms with van der Waals surface area (Å²) in [6.45, 7) is 3.50. The number of hydrogen-bond acceptors (Lipinski definition) is 4. The lowest BCUT2D eigenvalue weighted by molar-refractivity contribution is -0.171. The molecule has 7 heteroatoms. The van der Waals surface area contributed by atoms with Gasteiger partial charge in [0.05, 0.1) is 11.5 Å². The number of carbonyl (C=O) groups is 4. The maximum atomic E-state index is 12.6. The maximum absolute atomic E-state index is 12.6. The average molecular weight is 323 g/mol. The Balaban J connectivity index is 1.93. The highest BCUT2D eigenvalue weighted by molar-refractivity contribution is 5.94. The summed E-state index contributed by atoms with van der Waals surface area (Å²) < 4.78 is 0. The molecule has 3 amide bonds. The van der Waals surface area contributed by atoms with Crippen molar-refractivity contribution < 1.29 is 19.2 Å². The van der Waals surface area contributed by atoms with Gasteiger partial charge in [0, 0.05) is 25.9 Å². The van der Waals surface area contributed by atoms with Crippen molar-refractivity contribution >= 4 is 23.5 Å². The number of rotatable bonds is 6. The number of nitrogens with two attached hydrogens (primary N) is 1. The molecule has 3 N–H and O–H groups in total. The van der Waals surface area contributed by atoms with E-state index in [0.717, 1.165) is 25.7 Å². The summed E-state index contributed by atoms with van der Waals surface area (Å²) in [7, 11) is 0. The van der Waals surface area contributed by atoms with E-state index in [-0.39, 0.29) is 35.5 Å². The Bertz CT molecular complexity index is 523. The van der Waals surface area contributed by atoms with E-state index in [1.54, 1.807) is 4.90 Å². The van der Waals surface area contributed by atoms with E-state index in [2.05, 4.69) is 5.32 Å². The van der Waals surface area contributed by atoms with Crippen molar-refractivity contribution in [1.29, 1.82) is 0 Å². The number of primary amides is 1. The van der Waals surface area contributed by atoms with Gasteiger partial charge in [-0.25, -0.2) is 0 Å². The molecule has 1 aliphatic carbocycles. The number of nitrogens with one attached hydrogen (secondary N) is 1. The molecule has 0 aromatic heterocycles. The number of Topliss-reactive ketones (excluding diaryl/α,β-unsaturated/α-hetero) is 1. The first kappa shape index (κ1) is 17.4. The highest BCUT2D eigenvalue weighted by atomic mass is 16.2. The largest absolute Gasteiger partial charge is 0.370 e. The zero-order valence-corrected chi connectivity index (χ0v) is 13.8. The lowest BCUT2D eigenvalue weighted by Gasteiger charge is -2.54. The number of ketones is 1. The highest BCUT2D eigenvalue weighted by Gasteiger charge is 2.55. The third kappa shape index (κ3) is 3.71. The van der Waals surface area contributed by atoms with Crippen molar-refractivity contribution in [3.05, 3.63) is 0 Å². The van der Waals surface area contributed by atoms with Gasteiger partial charge < -0.3 is 16.0 Å². The molecule has 0 aromatic rings. The first-order valence-electron chi connectivity index (χ1n) is 8.12. The molecule has 1 aliphatic heterocycles. The van der Waals surface area contributed by atoms with Crippen LogP contribution >= 0.6 is 0 Å². The summed E-state index contributed by atoms with van der Waals surface area (Å²) in [6.07, 6.45) is 3.42. The zero-order valence-electron chi connectivity index (χ0n) is 13.8. The number of carbonyl (C=O) groups excluding carboxylic acids is 4. The normalized spacial score (nSPS) is 28.2. The SMILES string of the molecule is CC(=O)NC1CCC2(CC1)CN([C@@H](CCC(N)=O)C(C)=O)C2=O. The van der Waals surface area contributed by atoms with Crippen LogP contribution in [0.3, 0.4) is 0 Å². The molecule has 1 heterocycles. The highest BCUT2D eigenvalue weighted by Crippen LogP contribution is 2.46. The molecule has 23 heavy (non-hydrogen) atoms. The summed E-state index contributed by atoms with van der Waals surface area (Å²) in [6, 6.07) is -0.410. The monoisotopic (exact) mass is 323 g/mol. The van der Waals surface area contributed by atoms with Crippen LogP contribution in [-0.4, -0.2) is 47.0 Å². The lowest BCUT2D eigenvalue weighted by Crippen LogP contribution is -2.67. The van der Waals surface area contributed by atoms with Crippen molar-refractivity contribution in [3.8, 4) is 0 Å².